The van der Waals surface area contributed by atoms with Crippen molar-refractivity contribution in [1.29, 1.82) is 0 Å². The van der Waals surface area contributed by atoms with Crippen LogP contribution < -0.4 is 0 Å². The van der Waals surface area contributed by atoms with E-state index in [1.54, 1.807) is 6.07 Å². The Morgan fingerprint density at radius 1 is 1.14 bits per heavy atom. The van der Waals surface area contributed by atoms with Crippen LogP contribution in [0.2, 0.25) is 0 Å². The van der Waals surface area contributed by atoms with Crippen LogP contribution in [0.25, 0.3) is 11.3 Å². The number of aryl methyl sites for hydroxylation is 1. The first kappa shape index (κ1) is 24.9. The zero-order chi connectivity index (χ0) is 25.2. The summed E-state index contributed by atoms with van der Waals surface area (Å²) in [5, 5.41) is 7.12. The number of ether oxygens (including phenoxy) is 1. The molecule has 1 aromatic heterocycles. The molecule has 10 heteroatoms. The van der Waals surface area contributed by atoms with Gasteiger partial charge in [-0.05, 0) is 25.0 Å². The molecule has 0 bridgehead atoms. The monoisotopic (exact) mass is 491 g/mol. The maximum atomic E-state index is 14.0. The number of fused-ring (bicyclic) bond motifs is 1. The van der Waals surface area contributed by atoms with Crippen molar-refractivity contribution in [3.05, 3.63) is 77.5 Å². The van der Waals surface area contributed by atoms with E-state index in [4.69, 9.17) is 14.6 Å². The van der Waals surface area contributed by atoms with E-state index < -0.39 is 12.1 Å². The molecular weight excluding hydrogens is 466 g/mol. The van der Waals surface area contributed by atoms with E-state index in [1.165, 1.54) is 17.2 Å². The van der Waals surface area contributed by atoms with Gasteiger partial charge in [-0.15, -0.1) is 0 Å². The predicted octanol–water partition coefficient (Wildman–Crippen LogP) is 4.81. The summed E-state index contributed by atoms with van der Waals surface area (Å²) >= 11 is 0. The quantitative estimate of drug-likeness (QED) is 0.533. The summed E-state index contributed by atoms with van der Waals surface area (Å²) in [7, 11) is 0. The number of carbonyl (C=O) groups is 1. The zero-order valence-electron chi connectivity index (χ0n) is 19.1. The van der Waals surface area contributed by atoms with Gasteiger partial charge in [0.05, 0.1) is 18.4 Å². The van der Waals surface area contributed by atoms with Gasteiger partial charge >= 0.3 is 12.1 Å². The fourth-order valence-electron chi connectivity index (χ4n) is 4.39. The average Bonchev–Trinajstić information content (AvgIpc) is 3.40. The highest BCUT2D eigenvalue weighted by molar-refractivity contribution is 5.73. The number of carboxylic acids is 1. The normalized spacial score (nSPS) is 19.8. The summed E-state index contributed by atoms with van der Waals surface area (Å²) < 4.78 is 54.4. The van der Waals surface area contributed by atoms with E-state index in [1.807, 2.05) is 18.3 Å². The maximum Gasteiger partial charge on any atom is 0.490 e. The van der Waals surface area contributed by atoms with E-state index in [9.17, 15) is 17.6 Å². The molecule has 1 atom stereocenters. The molecule has 1 saturated heterocycles. The number of benzene rings is 2. The molecule has 1 fully saturated rings. The highest BCUT2D eigenvalue weighted by Crippen LogP contribution is 2.35. The minimum Gasteiger partial charge on any atom is -0.475 e. The average molecular weight is 491 g/mol. The molecule has 1 N–H and O–H groups in total. The van der Waals surface area contributed by atoms with E-state index in [-0.39, 0.29) is 11.4 Å². The van der Waals surface area contributed by atoms with Crippen LogP contribution in [0, 0.1) is 12.7 Å². The van der Waals surface area contributed by atoms with E-state index in [0.29, 0.717) is 13.2 Å². The van der Waals surface area contributed by atoms with E-state index in [2.05, 4.69) is 45.6 Å². The smallest absolute Gasteiger partial charge is 0.475 e. The molecule has 0 amide bonds. The van der Waals surface area contributed by atoms with Gasteiger partial charge in [0, 0.05) is 25.2 Å². The fourth-order valence-corrected chi connectivity index (χ4v) is 4.39. The lowest BCUT2D eigenvalue weighted by molar-refractivity contribution is -0.192. The molecule has 5 rings (SSSR count). The summed E-state index contributed by atoms with van der Waals surface area (Å²) in [6, 6.07) is 15.6. The number of aromatic nitrogens is 2. The molecule has 1 unspecified atom stereocenters. The maximum absolute atomic E-state index is 14.0. The molecule has 2 aromatic carbocycles. The van der Waals surface area contributed by atoms with Gasteiger partial charge in [0.15, 0.2) is 0 Å². The Kier molecular flexibility index (Phi) is 6.95. The number of rotatable bonds is 3. The topological polar surface area (TPSA) is 67.6 Å². The fraction of sp³-hybridized carbons (Fsp3) is 0.360. The molecule has 35 heavy (non-hydrogen) atoms. The van der Waals surface area contributed by atoms with Crippen molar-refractivity contribution in [3.8, 4) is 11.3 Å². The predicted molar refractivity (Wildman–Crippen MR) is 120 cm³/mol. The minimum absolute atomic E-state index is 0.133. The van der Waals surface area contributed by atoms with Crippen LogP contribution in [0.3, 0.4) is 0 Å². The van der Waals surface area contributed by atoms with Gasteiger partial charge in [0.25, 0.3) is 0 Å². The number of likely N-dealkylation sites (tertiary alicyclic amines) is 1. The van der Waals surface area contributed by atoms with E-state index >= 15 is 0 Å². The number of carboxylic acid groups (broad SMARTS) is 1. The number of imidazole rings is 1. The van der Waals surface area contributed by atoms with Crippen molar-refractivity contribution in [2.45, 2.75) is 44.8 Å². The number of aliphatic carboxylic acids is 1. The van der Waals surface area contributed by atoms with Gasteiger partial charge < -0.3 is 14.4 Å². The lowest BCUT2D eigenvalue weighted by Gasteiger charge is -2.35. The van der Waals surface area contributed by atoms with Gasteiger partial charge in [-0.1, -0.05) is 48.0 Å². The second-order valence-corrected chi connectivity index (χ2v) is 8.84. The number of hydrogen-bond donors (Lipinski definition) is 1. The lowest BCUT2D eigenvalue weighted by Crippen LogP contribution is -2.44. The van der Waals surface area contributed by atoms with Crippen LogP contribution in [-0.2, 0) is 29.2 Å². The third kappa shape index (κ3) is 5.71. The molecule has 3 aromatic rings. The molecule has 0 radical (unpaired) electrons. The first-order valence-electron chi connectivity index (χ1n) is 11.1. The van der Waals surface area contributed by atoms with Crippen molar-refractivity contribution in [1.82, 2.24) is 14.5 Å². The standard InChI is InChI=1S/C23H24FN3O.C2HF3O2/c1-17-6-8-18(9-7-17)21-12-25-22-14-28-23(16-27(21)22)10-11-26(15-23)13-19-4-2-3-5-20(19)24;3-2(4,5)1(6)7/h2-9,12H,10-11,13-16H2,1H3;(H,6,7). The molecule has 3 heterocycles. The summed E-state index contributed by atoms with van der Waals surface area (Å²) in [6.07, 6.45) is -2.18. The molecular formula is C25H25F4N3O3. The number of halogens is 4. The number of hydrogen-bond acceptors (Lipinski definition) is 4. The largest absolute Gasteiger partial charge is 0.490 e. The second-order valence-electron chi connectivity index (χ2n) is 8.84. The highest BCUT2D eigenvalue weighted by Gasteiger charge is 2.43. The summed E-state index contributed by atoms with van der Waals surface area (Å²) in [6.45, 7) is 5.77. The lowest BCUT2D eigenvalue weighted by atomic mass is 10.0. The Hall–Kier alpha value is -3.24. The van der Waals surface area contributed by atoms with Crippen molar-refractivity contribution in [2.24, 2.45) is 0 Å². The number of nitrogens with zero attached hydrogens (tertiary/aromatic N) is 3. The second kappa shape index (κ2) is 9.79. The molecule has 0 saturated carbocycles. The molecule has 186 valence electrons. The zero-order valence-corrected chi connectivity index (χ0v) is 19.1. The van der Waals surface area contributed by atoms with Gasteiger partial charge in [0.1, 0.15) is 23.8 Å². The summed E-state index contributed by atoms with van der Waals surface area (Å²) in [5.41, 5.74) is 4.10. The Balaban J connectivity index is 0.000000364. The van der Waals surface area contributed by atoms with Crippen LogP contribution >= 0.6 is 0 Å². The molecule has 2 aliphatic heterocycles. The summed E-state index contributed by atoms with van der Waals surface area (Å²) in [5.74, 6) is -1.91. The Morgan fingerprint density at radius 2 is 1.83 bits per heavy atom. The third-order valence-electron chi connectivity index (χ3n) is 6.23. The van der Waals surface area contributed by atoms with Crippen molar-refractivity contribution < 1.29 is 32.2 Å². The van der Waals surface area contributed by atoms with Crippen LogP contribution in [0.4, 0.5) is 17.6 Å². The Labute approximate surface area is 199 Å². The molecule has 0 aliphatic carbocycles. The third-order valence-corrected chi connectivity index (χ3v) is 6.23. The molecule has 1 spiro atoms. The van der Waals surface area contributed by atoms with Crippen molar-refractivity contribution in [2.75, 3.05) is 13.1 Å². The van der Waals surface area contributed by atoms with Crippen LogP contribution in [-0.4, -0.2) is 50.4 Å². The Bertz CT molecular complexity index is 1190. The SMILES string of the molecule is Cc1ccc(-c2cnc3n2CC2(CCN(Cc4ccccc4F)C2)OC3)cc1.O=C(O)C(F)(F)F. The van der Waals surface area contributed by atoms with Crippen LogP contribution in [0.15, 0.2) is 54.7 Å². The van der Waals surface area contributed by atoms with Crippen molar-refractivity contribution >= 4 is 5.97 Å². The summed E-state index contributed by atoms with van der Waals surface area (Å²) in [4.78, 5) is 15.8. The van der Waals surface area contributed by atoms with Crippen LogP contribution in [0.5, 0.6) is 0 Å². The van der Waals surface area contributed by atoms with Gasteiger partial charge in [-0.3, -0.25) is 4.90 Å². The first-order chi connectivity index (χ1) is 16.6. The van der Waals surface area contributed by atoms with Gasteiger partial charge in [-0.2, -0.15) is 13.2 Å². The molecule has 2 aliphatic rings. The van der Waals surface area contributed by atoms with Gasteiger partial charge in [-0.25, -0.2) is 14.2 Å². The van der Waals surface area contributed by atoms with Crippen molar-refractivity contribution in [3.63, 3.8) is 0 Å². The number of alkyl halides is 3. The van der Waals surface area contributed by atoms with Crippen LogP contribution in [0.1, 0.15) is 23.4 Å². The van der Waals surface area contributed by atoms with E-state index in [0.717, 1.165) is 43.1 Å². The Morgan fingerprint density at radius 3 is 2.49 bits per heavy atom. The first-order valence-corrected chi connectivity index (χ1v) is 11.1. The molecule has 6 nitrogen and oxygen atoms in total. The highest BCUT2D eigenvalue weighted by atomic mass is 19.4. The minimum atomic E-state index is -5.08. The van der Waals surface area contributed by atoms with Gasteiger partial charge in [0.2, 0.25) is 0 Å².